The van der Waals surface area contributed by atoms with Crippen molar-refractivity contribution in [1.29, 1.82) is 0 Å². The van der Waals surface area contributed by atoms with Gasteiger partial charge in [-0.25, -0.2) is 0 Å². The molecule has 0 aromatic heterocycles. The number of aliphatic hydroxyl groups is 2. The largest absolute Gasteiger partial charge is 0.412 e. The second-order valence-corrected chi connectivity index (χ2v) is 13.3. The maximum Gasteiger partial charge on any atom is 0.200 e. The zero-order chi connectivity index (χ0) is 18.5. The fourth-order valence-corrected chi connectivity index (χ4v) is 9.69. The van der Waals surface area contributed by atoms with Gasteiger partial charge in [-0.2, -0.15) is 0 Å². The van der Waals surface area contributed by atoms with E-state index in [1.165, 1.54) is 0 Å². The van der Waals surface area contributed by atoms with Crippen molar-refractivity contribution in [1.82, 2.24) is 0 Å². The predicted octanol–water partition coefficient (Wildman–Crippen LogP) is 5.10. The molecule has 24 heavy (non-hydrogen) atoms. The van der Waals surface area contributed by atoms with Gasteiger partial charge >= 0.3 is 0 Å². The molecule has 0 radical (unpaired) electrons. The third-order valence-corrected chi connectivity index (χ3v) is 11.6. The fraction of sp³-hybridized carbons (Fsp3) is 0.684. The molecule has 1 aromatic rings. The van der Waals surface area contributed by atoms with Crippen LogP contribution in [0.25, 0.3) is 0 Å². The van der Waals surface area contributed by atoms with Gasteiger partial charge < -0.3 is 14.6 Å². The van der Waals surface area contributed by atoms with Crippen LogP contribution in [0, 0.1) is 0 Å². The van der Waals surface area contributed by atoms with Crippen molar-refractivity contribution in [3.8, 4) is 0 Å². The van der Waals surface area contributed by atoms with Crippen molar-refractivity contribution in [3.63, 3.8) is 0 Å². The molecule has 2 N–H and O–H groups in total. The average Bonchev–Trinajstić information content (AvgIpc) is 2.50. The minimum absolute atomic E-state index is 0.106. The molecule has 138 valence electrons. The molecule has 0 unspecified atom stereocenters. The van der Waals surface area contributed by atoms with Crippen LogP contribution in [0.3, 0.4) is 0 Å². The summed E-state index contributed by atoms with van der Waals surface area (Å²) in [6, 6.07) is 5.63. The lowest BCUT2D eigenvalue weighted by Crippen LogP contribution is -2.47. The lowest BCUT2D eigenvalue weighted by molar-refractivity contribution is 0.190. The van der Waals surface area contributed by atoms with Gasteiger partial charge in [-0.05, 0) is 33.8 Å². The van der Waals surface area contributed by atoms with E-state index >= 15 is 0 Å². The summed E-state index contributed by atoms with van der Waals surface area (Å²) in [4.78, 5) is 0. The second kappa shape index (κ2) is 9.34. The predicted molar refractivity (Wildman–Crippen MR) is 104 cm³/mol. The normalized spacial score (nSPS) is 12.9. The summed E-state index contributed by atoms with van der Waals surface area (Å²) < 4.78 is 6.65. The molecular weight excluding hydrogens is 340 g/mol. The van der Waals surface area contributed by atoms with Gasteiger partial charge in [-0.1, -0.05) is 65.3 Å². The molecule has 5 heteroatoms. The number of hydrogen-bond donors (Lipinski definition) is 2. The second-order valence-electron chi connectivity index (χ2n) is 7.48. The Hall–Kier alpha value is -0.393. The molecule has 0 bridgehead atoms. The first-order valence-corrected chi connectivity index (χ1v) is 11.4. The summed E-state index contributed by atoms with van der Waals surface area (Å²) in [7, 11) is -2.00. The minimum Gasteiger partial charge on any atom is -0.412 e. The summed E-state index contributed by atoms with van der Waals surface area (Å²) in [5.74, 6) is -0.324. The van der Waals surface area contributed by atoms with Gasteiger partial charge in [0, 0.05) is 10.9 Å². The molecule has 0 atom stereocenters. The molecule has 0 spiro atoms. The first-order chi connectivity index (χ1) is 11.2. The number of rotatable bonds is 9. The van der Waals surface area contributed by atoms with Gasteiger partial charge in [0.2, 0.25) is 8.32 Å². The summed E-state index contributed by atoms with van der Waals surface area (Å²) in [6.45, 7) is 13.7. The van der Waals surface area contributed by atoms with Crippen LogP contribution in [0.15, 0.2) is 18.2 Å². The van der Waals surface area contributed by atoms with E-state index in [2.05, 4.69) is 41.5 Å². The van der Waals surface area contributed by atoms with Gasteiger partial charge in [0.25, 0.3) is 0 Å². The number of halogens is 1. The van der Waals surface area contributed by atoms with Crippen LogP contribution in [-0.4, -0.2) is 31.7 Å². The average molecular weight is 373 g/mol. The van der Waals surface area contributed by atoms with E-state index in [1.54, 1.807) is 0 Å². The van der Waals surface area contributed by atoms with Crippen LogP contribution < -0.4 is 0 Å². The van der Waals surface area contributed by atoms with E-state index in [0.29, 0.717) is 28.3 Å². The Balaban J connectivity index is 3.21. The fourth-order valence-electron chi connectivity index (χ4n) is 4.06. The van der Waals surface area contributed by atoms with Crippen molar-refractivity contribution < 1.29 is 14.6 Å². The zero-order valence-electron chi connectivity index (χ0n) is 15.8. The van der Waals surface area contributed by atoms with Crippen LogP contribution in [0.4, 0.5) is 0 Å². The van der Waals surface area contributed by atoms with Gasteiger partial charge in [0.1, 0.15) is 0 Å². The van der Waals surface area contributed by atoms with Gasteiger partial charge in [0.05, 0.1) is 19.8 Å². The van der Waals surface area contributed by atoms with Crippen LogP contribution in [0.2, 0.25) is 21.6 Å². The highest BCUT2D eigenvalue weighted by molar-refractivity contribution is 6.77. The van der Waals surface area contributed by atoms with Crippen LogP contribution >= 0.6 is 11.6 Å². The summed E-state index contributed by atoms with van der Waals surface area (Å²) >= 11 is 6.43. The third-order valence-electron chi connectivity index (χ3n) is 5.21. The molecule has 1 aromatic carbocycles. The topological polar surface area (TPSA) is 49.7 Å². The maximum atomic E-state index is 9.55. The number of benzene rings is 1. The molecule has 0 saturated carbocycles. The van der Waals surface area contributed by atoms with Gasteiger partial charge in [-0.3, -0.25) is 0 Å². The van der Waals surface area contributed by atoms with E-state index in [9.17, 15) is 10.2 Å². The van der Waals surface area contributed by atoms with E-state index in [-0.39, 0.29) is 19.1 Å². The quantitative estimate of drug-likeness (QED) is 0.593. The first-order valence-electron chi connectivity index (χ1n) is 8.85. The molecular formula is C19H33ClO3Si. The van der Waals surface area contributed by atoms with E-state index in [0.717, 1.165) is 11.1 Å². The van der Waals surface area contributed by atoms with Crippen molar-refractivity contribution in [2.75, 3.05) is 13.2 Å². The minimum atomic E-state index is -2.00. The molecule has 0 amide bonds. The molecule has 0 fully saturated rings. The molecule has 1 rings (SSSR count). The summed E-state index contributed by atoms with van der Waals surface area (Å²) in [5, 5.41) is 19.7. The van der Waals surface area contributed by atoms with Crippen molar-refractivity contribution in [3.05, 3.63) is 34.3 Å². The molecule has 0 saturated heterocycles. The standard InChI is InChI=1S/C19H33ClO3Si/c1-13(2)24(14(3)4,15(5)6)23-12-18-17(16(10-21)11-22)8-7-9-19(18)20/h7-9,13-16,21-22H,10-12H2,1-6H3. The monoisotopic (exact) mass is 372 g/mol. The lowest BCUT2D eigenvalue weighted by atomic mass is 9.96. The number of aliphatic hydroxyl groups excluding tert-OH is 2. The highest BCUT2D eigenvalue weighted by atomic mass is 35.5. The molecule has 0 aliphatic heterocycles. The SMILES string of the molecule is CC(C)[Si](OCc1c(Cl)cccc1C(CO)CO)(C(C)C)C(C)C. The molecule has 0 heterocycles. The Bertz CT molecular complexity index is 492. The smallest absolute Gasteiger partial charge is 0.200 e. The van der Waals surface area contributed by atoms with E-state index in [4.69, 9.17) is 16.0 Å². The van der Waals surface area contributed by atoms with Crippen LogP contribution in [0.5, 0.6) is 0 Å². The Kier molecular flexibility index (Phi) is 8.43. The summed E-state index contributed by atoms with van der Waals surface area (Å²) in [5.41, 5.74) is 3.26. The first kappa shape index (κ1) is 21.6. The Labute approximate surface area is 153 Å². The van der Waals surface area contributed by atoms with Crippen LogP contribution in [-0.2, 0) is 11.0 Å². The molecule has 0 aliphatic carbocycles. The molecule has 0 aliphatic rings. The lowest BCUT2D eigenvalue weighted by Gasteiger charge is -2.42. The van der Waals surface area contributed by atoms with E-state index in [1.807, 2.05) is 18.2 Å². The Morgan fingerprint density at radius 1 is 0.958 bits per heavy atom. The Morgan fingerprint density at radius 3 is 1.88 bits per heavy atom. The highest BCUT2D eigenvalue weighted by Gasteiger charge is 2.45. The van der Waals surface area contributed by atoms with Gasteiger partial charge in [-0.15, -0.1) is 0 Å². The van der Waals surface area contributed by atoms with Gasteiger partial charge in [0.15, 0.2) is 0 Å². The highest BCUT2D eigenvalue weighted by Crippen LogP contribution is 2.43. The Morgan fingerprint density at radius 2 is 1.46 bits per heavy atom. The zero-order valence-corrected chi connectivity index (χ0v) is 17.6. The van der Waals surface area contributed by atoms with Crippen molar-refractivity contribution in [2.24, 2.45) is 0 Å². The molecule has 3 nitrogen and oxygen atoms in total. The summed E-state index contributed by atoms with van der Waals surface area (Å²) in [6.07, 6.45) is 0. The third kappa shape index (κ3) is 4.41. The maximum absolute atomic E-state index is 9.55. The number of hydrogen-bond acceptors (Lipinski definition) is 3. The van der Waals surface area contributed by atoms with E-state index < -0.39 is 8.32 Å². The van der Waals surface area contributed by atoms with Crippen molar-refractivity contribution in [2.45, 2.75) is 70.7 Å². The van der Waals surface area contributed by atoms with Crippen LogP contribution in [0.1, 0.15) is 58.6 Å². The van der Waals surface area contributed by atoms with Crippen molar-refractivity contribution >= 4 is 19.9 Å².